The molecule has 0 radical (unpaired) electrons. The fourth-order valence-corrected chi connectivity index (χ4v) is 4.08. The Hall–Kier alpha value is -2.44. The number of amides is 3. The van der Waals surface area contributed by atoms with E-state index in [1.807, 2.05) is 53.7 Å². The summed E-state index contributed by atoms with van der Waals surface area (Å²) in [5, 5.41) is 0. The van der Waals surface area contributed by atoms with Crippen LogP contribution in [0.4, 0.5) is 4.79 Å². The normalized spacial score (nSPS) is 16.4. The zero-order valence-corrected chi connectivity index (χ0v) is 17.9. The Balaban J connectivity index is 1.61. The predicted octanol–water partition coefficient (Wildman–Crippen LogP) is 2.98. The first-order chi connectivity index (χ1) is 14.1. The van der Waals surface area contributed by atoms with E-state index in [4.69, 9.17) is 9.47 Å². The molecule has 7 heteroatoms. The molecule has 29 heavy (non-hydrogen) atoms. The summed E-state index contributed by atoms with van der Waals surface area (Å²) in [4.78, 5) is 31.3. The molecule has 7 nitrogen and oxygen atoms in total. The first-order valence-corrected chi connectivity index (χ1v) is 10.8. The highest BCUT2D eigenvalue weighted by atomic mass is 16.6. The van der Waals surface area contributed by atoms with Crippen LogP contribution in [-0.4, -0.2) is 72.6 Å². The van der Waals surface area contributed by atoms with E-state index in [1.54, 1.807) is 0 Å². The molecule has 1 fully saturated rings. The van der Waals surface area contributed by atoms with Gasteiger partial charge in [0.15, 0.2) is 11.5 Å². The van der Waals surface area contributed by atoms with Crippen LogP contribution in [0.1, 0.15) is 39.2 Å². The van der Waals surface area contributed by atoms with Crippen molar-refractivity contribution in [3.05, 3.63) is 23.8 Å². The zero-order valence-electron chi connectivity index (χ0n) is 17.9. The Kier molecular flexibility index (Phi) is 7.23. The maximum Gasteiger partial charge on any atom is 0.319 e. The molecule has 3 rings (SSSR count). The molecule has 0 spiro atoms. The minimum absolute atomic E-state index is 0.0348. The molecule has 0 atom stereocenters. The molecular weight excluding hydrogens is 370 g/mol. The van der Waals surface area contributed by atoms with Gasteiger partial charge in [-0.25, -0.2) is 4.79 Å². The van der Waals surface area contributed by atoms with Gasteiger partial charge >= 0.3 is 6.03 Å². The van der Waals surface area contributed by atoms with Crippen molar-refractivity contribution in [1.82, 2.24) is 14.7 Å². The molecule has 0 bridgehead atoms. The number of hydrogen-bond acceptors (Lipinski definition) is 4. The van der Waals surface area contributed by atoms with E-state index in [0.717, 1.165) is 29.9 Å². The van der Waals surface area contributed by atoms with Gasteiger partial charge in [-0.3, -0.25) is 4.79 Å². The average molecular weight is 404 g/mol. The lowest BCUT2D eigenvalue weighted by Crippen LogP contribution is -2.48. The number of likely N-dealkylation sites (tertiary alicyclic amines) is 1. The third-order valence-corrected chi connectivity index (χ3v) is 5.85. The Morgan fingerprint density at radius 3 is 2.31 bits per heavy atom. The van der Waals surface area contributed by atoms with E-state index in [-0.39, 0.29) is 17.9 Å². The Morgan fingerprint density at radius 2 is 1.66 bits per heavy atom. The maximum absolute atomic E-state index is 13.2. The molecule has 0 aliphatic carbocycles. The molecule has 160 valence electrons. The standard InChI is InChI=1S/C22H33N3O4/c1-4-23(5-2)22(27)25-12-10-17(11-13-25)21(26)24(6-3)16-18-8-7-9-19-20(18)29-15-14-28-19/h7-9,17H,4-6,10-16H2,1-3H3. The molecule has 1 saturated heterocycles. The summed E-state index contributed by atoms with van der Waals surface area (Å²) in [7, 11) is 0. The number of para-hydroxylation sites is 1. The Labute approximate surface area is 173 Å². The molecule has 3 amide bonds. The summed E-state index contributed by atoms with van der Waals surface area (Å²) >= 11 is 0. The number of carbonyl (C=O) groups is 2. The van der Waals surface area contributed by atoms with E-state index < -0.39 is 0 Å². The highest BCUT2D eigenvalue weighted by molar-refractivity contribution is 5.80. The molecular formula is C22H33N3O4. The number of rotatable bonds is 6. The van der Waals surface area contributed by atoms with Gasteiger partial charge < -0.3 is 24.2 Å². The summed E-state index contributed by atoms with van der Waals surface area (Å²) in [6.07, 6.45) is 1.43. The molecule has 0 aromatic heterocycles. The molecule has 0 N–H and O–H groups in total. The average Bonchev–Trinajstić information content (AvgIpc) is 2.78. The Morgan fingerprint density at radius 1 is 1.00 bits per heavy atom. The van der Waals surface area contributed by atoms with Gasteiger partial charge in [0.25, 0.3) is 0 Å². The molecule has 2 aliphatic heterocycles. The second-order valence-corrected chi connectivity index (χ2v) is 7.51. The lowest BCUT2D eigenvalue weighted by Gasteiger charge is -2.36. The summed E-state index contributed by atoms with van der Waals surface area (Å²) in [6, 6.07) is 5.92. The van der Waals surface area contributed by atoms with Crippen LogP contribution < -0.4 is 9.47 Å². The largest absolute Gasteiger partial charge is 0.486 e. The molecule has 0 unspecified atom stereocenters. The number of nitrogens with zero attached hydrogens (tertiary/aromatic N) is 3. The van der Waals surface area contributed by atoms with Gasteiger partial charge in [-0.1, -0.05) is 12.1 Å². The lowest BCUT2D eigenvalue weighted by atomic mass is 9.95. The number of fused-ring (bicyclic) bond motifs is 1. The van der Waals surface area contributed by atoms with E-state index in [1.165, 1.54) is 0 Å². The quantitative estimate of drug-likeness (QED) is 0.733. The first kappa shape index (κ1) is 21.3. The molecule has 2 aliphatic rings. The minimum atomic E-state index is -0.0348. The van der Waals surface area contributed by atoms with Crippen molar-refractivity contribution >= 4 is 11.9 Å². The molecule has 1 aromatic rings. The third-order valence-electron chi connectivity index (χ3n) is 5.85. The van der Waals surface area contributed by atoms with Gasteiger partial charge in [-0.05, 0) is 39.7 Å². The minimum Gasteiger partial charge on any atom is -0.486 e. The van der Waals surface area contributed by atoms with Gasteiger partial charge in [0, 0.05) is 50.7 Å². The predicted molar refractivity (Wildman–Crippen MR) is 111 cm³/mol. The SMILES string of the molecule is CCN(Cc1cccc2c1OCCO2)C(=O)C1CCN(C(=O)N(CC)CC)CC1. The van der Waals surface area contributed by atoms with Crippen molar-refractivity contribution in [1.29, 1.82) is 0 Å². The smallest absolute Gasteiger partial charge is 0.319 e. The maximum atomic E-state index is 13.2. The van der Waals surface area contributed by atoms with Crippen molar-refractivity contribution in [2.75, 3.05) is 45.9 Å². The van der Waals surface area contributed by atoms with Gasteiger partial charge in [-0.2, -0.15) is 0 Å². The second kappa shape index (κ2) is 9.85. The first-order valence-electron chi connectivity index (χ1n) is 10.8. The van der Waals surface area contributed by atoms with Crippen LogP contribution in [0.3, 0.4) is 0 Å². The van der Waals surface area contributed by atoms with Gasteiger partial charge in [0.05, 0.1) is 0 Å². The van der Waals surface area contributed by atoms with E-state index >= 15 is 0 Å². The van der Waals surface area contributed by atoms with Gasteiger partial charge in [-0.15, -0.1) is 0 Å². The number of hydrogen-bond donors (Lipinski definition) is 0. The molecule has 2 heterocycles. The van der Waals surface area contributed by atoms with Gasteiger partial charge in [0.1, 0.15) is 13.2 Å². The fourth-order valence-electron chi connectivity index (χ4n) is 4.08. The van der Waals surface area contributed by atoms with Crippen molar-refractivity contribution in [3.8, 4) is 11.5 Å². The van der Waals surface area contributed by atoms with Gasteiger partial charge in [0.2, 0.25) is 5.91 Å². The number of benzene rings is 1. The van der Waals surface area contributed by atoms with E-state index in [0.29, 0.717) is 52.5 Å². The van der Waals surface area contributed by atoms with Crippen LogP contribution in [0.25, 0.3) is 0 Å². The van der Waals surface area contributed by atoms with Crippen molar-refractivity contribution in [2.24, 2.45) is 5.92 Å². The Bertz CT molecular complexity index is 712. The lowest BCUT2D eigenvalue weighted by molar-refractivity contribution is -0.137. The topological polar surface area (TPSA) is 62.3 Å². The van der Waals surface area contributed by atoms with Crippen molar-refractivity contribution in [3.63, 3.8) is 0 Å². The van der Waals surface area contributed by atoms with E-state index in [9.17, 15) is 9.59 Å². The van der Waals surface area contributed by atoms with Crippen LogP contribution in [-0.2, 0) is 11.3 Å². The van der Waals surface area contributed by atoms with Crippen molar-refractivity contribution in [2.45, 2.75) is 40.2 Å². The van der Waals surface area contributed by atoms with E-state index in [2.05, 4.69) is 0 Å². The number of carbonyl (C=O) groups excluding carboxylic acids is 2. The number of ether oxygens (including phenoxy) is 2. The third kappa shape index (κ3) is 4.77. The summed E-state index contributed by atoms with van der Waals surface area (Å²) in [6.45, 7) is 10.9. The molecule has 0 saturated carbocycles. The number of piperidine rings is 1. The summed E-state index contributed by atoms with van der Waals surface area (Å²) < 4.78 is 11.5. The zero-order chi connectivity index (χ0) is 20.8. The summed E-state index contributed by atoms with van der Waals surface area (Å²) in [5.74, 6) is 1.63. The fraction of sp³-hybridized carbons (Fsp3) is 0.636. The highest BCUT2D eigenvalue weighted by Gasteiger charge is 2.31. The van der Waals surface area contributed by atoms with Crippen LogP contribution in [0.2, 0.25) is 0 Å². The number of urea groups is 1. The highest BCUT2D eigenvalue weighted by Crippen LogP contribution is 2.34. The second-order valence-electron chi connectivity index (χ2n) is 7.51. The van der Waals surface area contributed by atoms with Crippen molar-refractivity contribution < 1.29 is 19.1 Å². The monoisotopic (exact) mass is 403 g/mol. The van der Waals surface area contributed by atoms with Crippen LogP contribution >= 0.6 is 0 Å². The van der Waals surface area contributed by atoms with Crippen LogP contribution in [0.15, 0.2) is 18.2 Å². The summed E-state index contributed by atoms with van der Waals surface area (Å²) in [5.41, 5.74) is 0.978. The molecule has 1 aromatic carbocycles. The van der Waals surface area contributed by atoms with Crippen LogP contribution in [0.5, 0.6) is 11.5 Å². The van der Waals surface area contributed by atoms with Crippen LogP contribution in [0, 0.1) is 5.92 Å².